The summed E-state index contributed by atoms with van der Waals surface area (Å²) in [5, 5.41) is 0. The fourth-order valence-corrected chi connectivity index (χ4v) is 1.17. The van der Waals surface area contributed by atoms with E-state index in [1.54, 1.807) is 0 Å². The molecule has 0 aromatic heterocycles. The molecule has 6 heteroatoms. The van der Waals surface area contributed by atoms with Crippen LogP contribution in [0.5, 0.6) is 0 Å². The Morgan fingerprint density at radius 1 is 0.500 bits per heavy atom. The van der Waals surface area contributed by atoms with Crippen LogP contribution in [0.1, 0.15) is 0 Å². The summed E-state index contributed by atoms with van der Waals surface area (Å²) in [6.07, 6.45) is 0. The van der Waals surface area contributed by atoms with Gasteiger partial charge in [-0.1, -0.05) is 0 Å². The number of fused-ring (bicyclic) bond motifs is 1. The molecule has 0 bridgehead atoms. The molecule has 0 radical (unpaired) electrons. The number of rotatable bonds is 0. The van der Waals surface area contributed by atoms with Crippen molar-refractivity contribution < 1.29 is 26.3 Å². The van der Waals surface area contributed by atoms with Crippen LogP contribution in [0.15, 0.2) is 0 Å². The SMILES string of the molecule is FC1(F)C2(F)C(F)(F)C12F. The van der Waals surface area contributed by atoms with Gasteiger partial charge in [0.05, 0.1) is 0 Å². The standard InChI is InChI=1S/C4F6/c5-1-2(6,3(1,7)8)4(1,9)10. The molecule has 0 atom stereocenters. The van der Waals surface area contributed by atoms with E-state index in [4.69, 9.17) is 0 Å². The fourth-order valence-electron chi connectivity index (χ4n) is 1.17. The van der Waals surface area contributed by atoms with Crippen LogP contribution in [0.2, 0.25) is 0 Å². The van der Waals surface area contributed by atoms with Crippen molar-refractivity contribution in [2.75, 3.05) is 0 Å². The molecule has 0 N–H and O–H groups in total. The van der Waals surface area contributed by atoms with Crippen molar-refractivity contribution in [3.8, 4) is 0 Å². The minimum Gasteiger partial charge on any atom is -0.226 e. The van der Waals surface area contributed by atoms with Crippen molar-refractivity contribution in [3.63, 3.8) is 0 Å². The molecule has 0 nitrogen and oxygen atoms in total. The van der Waals surface area contributed by atoms with Gasteiger partial charge in [0.2, 0.25) is 0 Å². The summed E-state index contributed by atoms with van der Waals surface area (Å²) in [6, 6.07) is 0. The first kappa shape index (κ1) is 6.30. The van der Waals surface area contributed by atoms with E-state index in [0.717, 1.165) is 0 Å². The lowest BCUT2D eigenvalue weighted by Gasteiger charge is -2.11. The molecule has 0 aliphatic heterocycles. The van der Waals surface area contributed by atoms with Gasteiger partial charge < -0.3 is 0 Å². The molecule has 10 heavy (non-hydrogen) atoms. The Hall–Kier alpha value is -0.420. The largest absolute Gasteiger partial charge is 0.334 e. The summed E-state index contributed by atoms with van der Waals surface area (Å²) in [5.74, 6) is -8.94. The average molecular weight is 162 g/mol. The van der Waals surface area contributed by atoms with E-state index in [1.807, 2.05) is 0 Å². The molecule has 0 unspecified atom stereocenters. The van der Waals surface area contributed by atoms with Crippen molar-refractivity contribution in [3.05, 3.63) is 0 Å². The lowest BCUT2D eigenvalue weighted by Crippen LogP contribution is -2.36. The third-order valence-corrected chi connectivity index (χ3v) is 2.08. The quantitative estimate of drug-likeness (QED) is 0.475. The summed E-state index contributed by atoms with van der Waals surface area (Å²) < 4.78 is 70.3. The highest BCUT2D eigenvalue weighted by Gasteiger charge is 3.27. The average Bonchev–Trinajstić information content (AvgIpc) is 2.28. The van der Waals surface area contributed by atoms with Crippen molar-refractivity contribution in [1.29, 1.82) is 0 Å². The van der Waals surface area contributed by atoms with Crippen LogP contribution in [0.3, 0.4) is 0 Å². The van der Waals surface area contributed by atoms with Crippen LogP contribution in [-0.4, -0.2) is 23.2 Å². The van der Waals surface area contributed by atoms with Gasteiger partial charge in [-0.15, -0.1) is 0 Å². The maximum atomic E-state index is 11.9. The molecular weight excluding hydrogens is 162 g/mol. The Morgan fingerprint density at radius 2 is 0.700 bits per heavy atom. The van der Waals surface area contributed by atoms with Crippen LogP contribution < -0.4 is 0 Å². The number of alkyl halides is 6. The predicted molar refractivity (Wildman–Crippen MR) is 17.6 cm³/mol. The normalized spacial score (nSPS) is 59.4. The van der Waals surface area contributed by atoms with E-state index in [1.165, 1.54) is 0 Å². The molecule has 0 aromatic rings. The molecule has 0 aromatic carbocycles. The topological polar surface area (TPSA) is 0 Å². The molecule has 58 valence electrons. The van der Waals surface area contributed by atoms with E-state index in [-0.39, 0.29) is 0 Å². The van der Waals surface area contributed by atoms with Crippen molar-refractivity contribution >= 4 is 0 Å². The smallest absolute Gasteiger partial charge is 0.226 e. The van der Waals surface area contributed by atoms with Crippen molar-refractivity contribution in [1.82, 2.24) is 0 Å². The predicted octanol–water partition coefficient (Wildman–Crippen LogP) is 1.70. The lowest BCUT2D eigenvalue weighted by molar-refractivity contribution is -0.150. The molecular formula is C4F6. The molecule has 0 heterocycles. The van der Waals surface area contributed by atoms with E-state index in [0.29, 0.717) is 0 Å². The molecule has 2 aliphatic carbocycles. The maximum Gasteiger partial charge on any atom is 0.334 e. The highest BCUT2D eigenvalue weighted by Crippen LogP contribution is 2.92. The Labute approximate surface area is 50.8 Å². The van der Waals surface area contributed by atoms with Gasteiger partial charge in [0.25, 0.3) is 11.3 Å². The monoisotopic (exact) mass is 162 g/mol. The summed E-state index contributed by atoms with van der Waals surface area (Å²) in [7, 11) is 0. The molecule has 2 fully saturated rings. The zero-order valence-electron chi connectivity index (χ0n) is 4.27. The minimum absolute atomic E-state index is 4.19. The van der Waals surface area contributed by atoms with Gasteiger partial charge in [0.15, 0.2) is 0 Å². The molecule has 2 rings (SSSR count). The number of halogens is 6. The van der Waals surface area contributed by atoms with Gasteiger partial charge in [0.1, 0.15) is 0 Å². The molecule has 2 saturated carbocycles. The molecule has 0 amide bonds. The van der Waals surface area contributed by atoms with Gasteiger partial charge in [0, 0.05) is 0 Å². The Balaban J connectivity index is 2.41. The second-order valence-corrected chi connectivity index (χ2v) is 2.47. The van der Waals surface area contributed by atoms with Gasteiger partial charge >= 0.3 is 11.8 Å². The van der Waals surface area contributed by atoms with Gasteiger partial charge in [-0.05, 0) is 0 Å². The Bertz CT molecular complexity index is 182. The van der Waals surface area contributed by atoms with Gasteiger partial charge in [-0.2, -0.15) is 17.6 Å². The van der Waals surface area contributed by atoms with E-state index in [2.05, 4.69) is 0 Å². The number of hydrogen-bond donors (Lipinski definition) is 0. The van der Waals surface area contributed by atoms with E-state index in [9.17, 15) is 26.3 Å². The minimum atomic E-state index is -4.47. The zero-order valence-corrected chi connectivity index (χ0v) is 4.27. The van der Waals surface area contributed by atoms with E-state index < -0.39 is 23.2 Å². The second kappa shape index (κ2) is 0.887. The Kier molecular flexibility index (Phi) is 0.559. The Morgan fingerprint density at radius 3 is 0.700 bits per heavy atom. The summed E-state index contributed by atoms with van der Waals surface area (Å²) in [6.45, 7) is 0. The lowest BCUT2D eigenvalue weighted by atomic mass is 10.3. The zero-order chi connectivity index (χ0) is 8.00. The van der Waals surface area contributed by atoms with E-state index >= 15 is 0 Å². The summed E-state index contributed by atoms with van der Waals surface area (Å²) in [4.78, 5) is 0. The highest BCUT2D eigenvalue weighted by molar-refractivity contribution is 5.60. The van der Waals surface area contributed by atoms with Crippen LogP contribution in [0.25, 0.3) is 0 Å². The third-order valence-electron chi connectivity index (χ3n) is 2.08. The van der Waals surface area contributed by atoms with Crippen molar-refractivity contribution in [2.45, 2.75) is 23.2 Å². The number of hydrogen-bond acceptors (Lipinski definition) is 0. The second-order valence-electron chi connectivity index (χ2n) is 2.47. The van der Waals surface area contributed by atoms with Crippen molar-refractivity contribution in [2.24, 2.45) is 0 Å². The van der Waals surface area contributed by atoms with Crippen LogP contribution in [0, 0.1) is 0 Å². The third kappa shape index (κ3) is 0.199. The highest BCUT2D eigenvalue weighted by atomic mass is 19.3. The molecule has 0 saturated heterocycles. The van der Waals surface area contributed by atoms with Gasteiger partial charge in [-0.3, -0.25) is 0 Å². The molecule has 2 aliphatic rings. The first-order chi connectivity index (χ1) is 4.25. The van der Waals surface area contributed by atoms with Crippen LogP contribution in [0.4, 0.5) is 26.3 Å². The summed E-state index contributed by atoms with van der Waals surface area (Å²) >= 11 is 0. The van der Waals surface area contributed by atoms with Crippen LogP contribution >= 0.6 is 0 Å². The fraction of sp³-hybridized carbons (Fsp3) is 1.00. The molecule has 0 spiro atoms. The van der Waals surface area contributed by atoms with Gasteiger partial charge in [-0.25, -0.2) is 8.78 Å². The first-order valence-corrected chi connectivity index (χ1v) is 2.38. The maximum absolute atomic E-state index is 11.9. The van der Waals surface area contributed by atoms with Crippen LogP contribution in [-0.2, 0) is 0 Å². The summed E-state index contributed by atoms with van der Waals surface area (Å²) in [5.41, 5.74) is -8.38. The first-order valence-electron chi connectivity index (χ1n) is 2.38.